The Morgan fingerprint density at radius 1 is 1.05 bits per heavy atom. The second-order valence-electron chi connectivity index (χ2n) is 8.35. The Kier molecular flexibility index (Phi) is 6.66. The van der Waals surface area contributed by atoms with E-state index in [-0.39, 0.29) is 27.9 Å². The molecule has 196 valence electrons. The van der Waals surface area contributed by atoms with Crippen molar-refractivity contribution in [2.45, 2.75) is 13.1 Å². The lowest BCUT2D eigenvalue weighted by Crippen LogP contribution is -2.20. The molecule has 5 aromatic rings. The number of hydrogen-bond donors (Lipinski definition) is 1. The Morgan fingerprint density at radius 2 is 1.82 bits per heavy atom. The quantitative estimate of drug-likeness (QED) is 0.153. The van der Waals surface area contributed by atoms with Crippen LogP contribution < -0.4 is 5.43 Å². The van der Waals surface area contributed by atoms with Crippen LogP contribution in [0.4, 0.5) is 18.9 Å². The van der Waals surface area contributed by atoms with Crippen LogP contribution >= 0.6 is 11.3 Å². The summed E-state index contributed by atoms with van der Waals surface area (Å²) < 4.78 is 42.4. The second kappa shape index (κ2) is 10.1. The molecule has 9 nitrogen and oxygen atoms in total. The molecule has 2 heterocycles. The summed E-state index contributed by atoms with van der Waals surface area (Å²) in [6, 6.07) is 19.3. The third-order valence-corrected chi connectivity index (χ3v) is 6.57. The number of hydrazone groups is 1. The van der Waals surface area contributed by atoms with E-state index in [1.54, 1.807) is 31.2 Å². The average molecular weight is 551 g/mol. The Bertz CT molecular complexity index is 1760. The number of non-ortho nitro benzene ring substituents is 1. The molecule has 0 radical (unpaired) electrons. The Balaban J connectivity index is 1.41. The first kappa shape index (κ1) is 25.7. The number of nitrogens with one attached hydrogen (secondary N) is 1. The molecule has 1 N–H and O–H groups in total. The van der Waals surface area contributed by atoms with E-state index in [4.69, 9.17) is 0 Å². The maximum absolute atomic E-state index is 13.9. The Hall–Kier alpha value is -4.91. The van der Waals surface area contributed by atoms with Crippen molar-refractivity contribution in [3.8, 4) is 16.4 Å². The molecule has 13 heteroatoms. The summed E-state index contributed by atoms with van der Waals surface area (Å²) in [5.74, 6) is -0.766. The fourth-order valence-corrected chi connectivity index (χ4v) is 4.55. The van der Waals surface area contributed by atoms with Crippen LogP contribution in [0, 0.1) is 10.1 Å². The summed E-state index contributed by atoms with van der Waals surface area (Å²) in [5.41, 5.74) is 2.24. The van der Waals surface area contributed by atoms with Crippen molar-refractivity contribution in [3.05, 3.63) is 105 Å². The van der Waals surface area contributed by atoms with E-state index in [0.717, 1.165) is 28.2 Å². The number of nitrogens with zero attached hydrogens (tertiary/aromatic N) is 5. The van der Waals surface area contributed by atoms with Crippen molar-refractivity contribution in [2.75, 3.05) is 0 Å². The highest BCUT2D eigenvalue weighted by Crippen LogP contribution is 2.35. The van der Waals surface area contributed by atoms with E-state index in [0.29, 0.717) is 15.8 Å². The van der Waals surface area contributed by atoms with Crippen LogP contribution in [0.2, 0.25) is 0 Å². The fourth-order valence-electron chi connectivity index (χ4n) is 3.79. The summed E-state index contributed by atoms with van der Waals surface area (Å²) in [6.45, 7) is 1.54. The molecule has 1 amide bonds. The van der Waals surface area contributed by atoms with E-state index in [9.17, 15) is 28.1 Å². The summed E-state index contributed by atoms with van der Waals surface area (Å²) in [5, 5.41) is 22.0. The number of nitro groups is 1. The smallest absolute Gasteiger partial charge is 0.266 e. The normalized spacial score (nSPS) is 12.1. The van der Waals surface area contributed by atoms with E-state index in [1.807, 2.05) is 24.3 Å². The van der Waals surface area contributed by atoms with Gasteiger partial charge in [0.15, 0.2) is 5.69 Å². The molecule has 2 aromatic heterocycles. The number of carbonyl (C=O) groups excluding carboxylic acids is 1. The lowest BCUT2D eigenvalue weighted by atomic mass is 10.1. The van der Waals surface area contributed by atoms with Gasteiger partial charge in [-0.05, 0) is 29.8 Å². The molecule has 0 aliphatic carbocycles. The van der Waals surface area contributed by atoms with Gasteiger partial charge in [0.25, 0.3) is 11.6 Å². The highest BCUT2D eigenvalue weighted by Gasteiger charge is 2.37. The molecule has 0 aliphatic heterocycles. The van der Waals surface area contributed by atoms with Crippen molar-refractivity contribution in [2.24, 2.45) is 5.10 Å². The number of halogens is 3. The highest BCUT2D eigenvalue weighted by molar-refractivity contribution is 7.12. The SMILES string of the molecule is C/C(=N\NC(=O)c1csc(-n2nc(-c3ccc4ccccc4c3)cc2C(F)(F)F)n1)c1cccc([N+](=O)[O-])c1. The molecule has 0 saturated carbocycles. The number of hydrogen-bond acceptors (Lipinski definition) is 7. The van der Waals surface area contributed by atoms with E-state index in [1.165, 1.54) is 23.6 Å². The molecule has 0 unspecified atom stereocenters. The number of aromatic nitrogens is 3. The third-order valence-electron chi connectivity index (χ3n) is 5.75. The maximum atomic E-state index is 13.9. The second-order valence-corrected chi connectivity index (χ2v) is 9.18. The molecule has 0 saturated heterocycles. The van der Waals surface area contributed by atoms with Gasteiger partial charge in [0.1, 0.15) is 5.69 Å². The van der Waals surface area contributed by atoms with Crippen molar-refractivity contribution in [1.82, 2.24) is 20.2 Å². The van der Waals surface area contributed by atoms with Gasteiger partial charge in [-0.1, -0.05) is 48.5 Å². The summed E-state index contributed by atoms with van der Waals surface area (Å²) in [4.78, 5) is 27.1. The number of carbonyl (C=O) groups is 1. The summed E-state index contributed by atoms with van der Waals surface area (Å²) in [6.07, 6.45) is -4.73. The van der Waals surface area contributed by atoms with Gasteiger partial charge in [-0.15, -0.1) is 11.3 Å². The number of nitro benzene ring substituents is 1. The zero-order valence-electron chi connectivity index (χ0n) is 20.0. The van der Waals surface area contributed by atoms with Gasteiger partial charge < -0.3 is 0 Å². The molecule has 0 bridgehead atoms. The van der Waals surface area contributed by atoms with Crippen LogP contribution in [0.1, 0.15) is 28.7 Å². The monoisotopic (exact) mass is 550 g/mol. The lowest BCUT2D eigenvalue weighted by Gasteiger charge is -2.07. The molecule has 0 fully saturated rings. The first-order chi connectivity index (χ1) is 18.6. The molecule has 0 aliphatic rings. The number of benzene rings is 3. The first-order valence-electron chi connectivity index (χ1n) is 11.3. The standard InChI is InChI=1S/C26H17F3N6O3S/c1-15(17-7-4-8-20(12-17)35(37)38)31-32-24(36)22-14-39-25(30-22)34-23(26(27,28)29)13-21(33-34)19-10-9-16-5-2-3-6-18(16)11-19/h2-14H,1H3,(H,32,36)/b31-15+. The van der Waals surface area contributed by atoms with E-state index >= 15 is 0 Å². The van der Waals surface area contributed by atoms with Crippen molar-refractivity contribution in [1.29, 1.82) is 0 Å². The van der Waals surface area contributed by atoms with Crippen LogP contribution in [0.3, 0.4) is 0 Å². The molecule has 3 aromatic carbocycles. The van der Waals surface area contributed by atoms with Crippen molar-refractivity contribution < 1.29 is 22.9 Å². The number of amides is 1. The number of rotatable bonds is 6. The predicted molar refractivity (Wildman–Crippen MR) is 140 cm³/mol. The summed E-state index contributed by atoms with van der Waals surface area (Å²) in [7, 11) is 0. The molecule has 39 heavy (non-hydrogen) atoms. The number of thiazole rings is 1. The van der Waals surface area contributed by atoms with E-state index < -0.39 is 22.7 Å². The van der Waals surface area contributed by atoms with Crippen LogP contribution in [-0.2, 0) is 6.18 Å². The zero-order valence-corrected chi connectivity index (χ0v) is 20.8. The van der Waals surface area contributed by atoms with Gasteiger partial charge in [0, 0.05) is 28.6 Å². The van der Waals surface area contributed by atoms with Gasteiger partial charge >= 0.3 is 6.18 Å². The molecular formula is C26H17F3N6O3S. The van der Waals surface area contributed by atoms with Gasteiger partial charge in [-0.25, -0.2) is 15.1 Å². The van der Waals surface area contributed by atoms with Crippen LogP contribution in [-0.4, -0.2) is 31.3 Å². The van der Waals surface area contributed by atoms with Crippen molar-refractivity contribution in [3.63, 3.8) is 0 Å². The van der Waals surface area contributed by atoms with Gasteiger partial charge in [-0.2, -0.15) is 23.4 Å². The van der Waals surface area contributed by atoms with E-state index in [2.05, 4.69) is 20.6 Å². The number of fused-ring (bicyclic) bond motifs is 1. The predicted octanol–water partition coefficient (Wildman–Crippen LogP) is 6.23. The van der Waals surface area contributed by atoms with Gasteiger partial charge in [0.05, 0.1) is 16.3 Å². The maximum Gasteiger partial charge on any atom is 0.433 e. The highest BCUT2D eigenvalue weighted by atomic mass is 32.1. The first-order valence-corrected chi connectivity index (χ1v) is 12.2. The van der Waals surface area contributed by atoms with Crippen molar-refractivity contribution >= 4 is 39.4 Å². The minimum absolute atomic E-state index is 0.103. The fraction of sp³-hybridized carbons (Fsp3) is 0.0769. The number of alkyl halides is 3. The molecule has 5 rings (SSSR count). The molecule has 0 spiro atoms. The largest absolute Gasteiger partial charge is 0.433 e. The minimum atomic E-state index is -4.73. The van der Waals surface area contributed by atoms with Gasteiger partial charge in [-0.3, -0.25) is 14.9 Å². The minimum Gasteiger partial charge on any atom is -0.266 e. The molecular weight excluding hydrogens is 533 g/mol. The van der Waals surface area contributed by atoms with Crippen LogP contribution in [0.25, 0.3) is 27.2 Å². The van der Waals surface area contributed by atoms with Crippen LogP contribution in [0.5, 0.6) is 0 Å². The lowest BCUT2D eigenvalue weighted by molar-refractivity contribution is -0.384. The Morgan fingerprint density at radius 3 is 2.56 bits per heavy atom. The molecule has 0 atom stereocenters. The van der Waals surface area contributed by atoms with Crippen LogP contribution in [0.15, 0.2) is 83.3 Å². The third kappa shape index (κ3) is 5.38. The zero-order chi connectivity index (χ0) is 27.7. The summed E-state index contributed by atoms with van der Waals surface area (Å²) >= 11 is 0.813. The topological polar surface area (TPSA) is 115 Å². The van der Waals surface area contributed by atoms with Gasteiger partial charge in [0.2, 0.25) is 5.13 Å². The average Bonchev–Trinajstić information content (AvgIpc) is 3.59. The Labute approximate surface area is 222 Å².